The monoisotopic (exact) mass is 323 g/mol. The minimum absolute atomic E-state index is 0.118. The third kappa shape index (κ3) is 3.08. The second-order valence-electron chi connectivity index (χ2n) is 4.98. The van der Waals surface area contributed by atoms with Gasteiger partial charge in [-0.1, -0.05) is 11.6 Å². The average Bonchev–Trinajstić information content (AvgIpc) is 2.42. The molecule has 0 bridgehead atoms. The van der Waals surface area contributed by atoms with Crippen molar-refractivity contribution in [2.45, 2.75) is 24.9 Å². The molecule has 1 aliphatic heterocycles. The number of carbonyl (C=O) groups is 1. The van der Waals surface area contributed by atoms with E-state index in [1.165, 1.54) is 4.90 Å². The third-order valence-corrected chi connectivity index (χ3v) is 3.87. The molecule has 0 saturated carbocycles. The minimum atomic E-state index is -2.90. The Labute approximate surface area is 123 Å². The summed E-state index contributed by atoms with van der Waals surface area (Å²) in [6.07, 6.45) is -3.48. The van der Waals surface area contributed by atoms with Crippen LogP contribution in [0.2, 0.25) is 5.02 Å². The zero-order valence-electron chi connectivity index (χ0n) is 10.8. The molecule has 2 rings (SSSR count). The molecule has 0 spiro atoms. The smallest absolute Gasteiger partial charge is 0.266 e. The van der Waals surface area contributed by atoms with Crippen LogP contribution in [0.1, 0.15) is 23.2 Å². The topological polar surface area (TPSA) is 60.8 Å². The Bertz CT molecular complexity index is 560. The van der Waals surface area contributed by atoms with E-state index < -0.39 is 29.5 Å². The van der Waals surface area contributed by atoms with Gasteiger partial charge in [-0.15, -0.1) is 0 Å². The van der Waals surface area contributed by atoms with Crippen molar-refractivity contribution < 1.29 is 28.2 Å². The predicted molar refractivity (Wildman–Crippen MR) is 69.2 cm³/mol. The number of hydrogen-bond donors (Lipinski definition) is 2. The molecular weight excluding hydrogens is 311 g/mol. The number of nitrogens with zero attached hydrogens (tertiary/aromatic N) is 1. The lowest BCUT2D eigenvalue weighted by atomic mass is 9.91. The molecule has 1 fully saturated rings. The summed E-state index contributed by atoms with van der Waals surface area (Å²) in [5, 5.41) is 19.0. The van der Waals surface area contributed by atoms with Gasteiger partial charge in [0, 0.05) is 13.1 Å². The first kappa shape index (κ1) is 15.9. The highest BCUT2D eigenvalue weighted by Crippen LogP contribution is 2.32. The van der Waals surface area contributed by atoms with Gasteiger partial charge < -0.3 is 15.1 Å². The first-order chi connectivity index (χ1) is 9.74. The lowest BCUT2D eigenvalue weighted by Crippen LogP contribution is -2.50. The number of aliphatic hydroxyl groups is 1. The van der Waals surface area contributed by atoms with E-state index in [0.29, 0.717) is 0 Å². The molecule has 1 aromatic carbocycles. The predicted octanol–water partition coefficient (Wildman–Crippen LogP) is 2.42. The third-order valence-electron chi connectivity index (χ3n) is 3.58. The number of phenolic OH excluding ortho intramolecular Hbond substituents is 1. The van der Waals surface area contributed by atoms with Gasteiger partial charge in [0.1, 0.15) is 17.2 Å². The molecule has 1 heterocycles. The van der Waals surface area contributed by atoms with Crippen LogP contribution in [0.3, 0.4) is 0 Å². The van der Waals surface area contributed by atoms with Crippen LogP contribution in [-0.2, 0) is 0 Å². The zero-order chi connectivity index (χ0) is 15.8. The van der Waals surface area contributed by atoms with E-state index in [0.717, 1.165) is 12.1 Å². The van der Waals surface area contributed by atoms with Crippen molar-refractivity contribution in [2.75, 3.05) is 13.1 Å². The van der Waals surface area contributed by atoms with Crippen molar-refractivity contribution in [1.82, 2.24) is 4.90 Å². The highest BCUT2D eigenvalue weighted by Gasteiger charge is 2.42. The summed E-state index contributed by atoms with van der Waals surface area (Å²) in [5.41, 5.74) is -2.44. The van der Waals surface area contributed by atoms with Crippen molar-refractivity contribution in [1.29, 1.82) is 0 Å². The zero-order valence-corrected chi connectivity index (χ0v) is 11.6. The van der Waals surface area contributed by atoms with Gasteiger partial charge in [-0.05, 0) is 25.0 Å². The van der Waals surface area contributed by atoms with E-state index in [-0.39, 0.29) is 36.5 Å². The van der Waals surface area contributed by atoms with Crippen LogP contribution in [0.25, 0.3) is 0 Å². The van der Waals surface area contributed by atoms with Gasteiger partial charge in [0.15, 0.2) is 0 Å². The van der Waals surface area contributed by atoms with E-state index in [2.05, 4.69) is 0 Å². The number of likely N-dealkylation sites (tertiary alicyclic amines) is 1. The van der Waals surface area contributed by atoms with E-state index in [4.69, 9.17) is 11.6 Å². The Hall–Kier alpha value is -1.47. The first-order valence-corrected chi connectivity index (χ1v) is 6.60. The normalized spacial score (nSPS) is 18.1. The highest BCUT2D eigenvalue weighted by atomic mass is 35.5. The van der Waals surface area contributed by atoms with Gasteiger partial charge >= 0.3 is 0 Å². The van der Waals surface area contributed by atoms with Crippen molar-refractivity contribution >= 4 is 17.5 Å². The van der Waals surface area contributed by atoms with Crippen LogP contribution in [0.15, 0.2) is 12.1 Å². The van der Waals surface area contributed by atoms with Crippen molar-refractivity contribution in [3.05, 3.63) is 28.5 Å². The number of alkyl halides is 2. The molecule has 4 nitrogen and oxygen atoms in total. The molecule has 1 saturated heterocycles. The molecular formula is C13H13ClF3NO3. The molecule has 2 N–H and O–H groups in total. The molecule has 8 heteroatoms. The number of benzene rings is 1. The summed E-state index contributed by atoms with van der Waals surface area (Å²) >= 11 is 5.59. The van der Waals surface area contributed by atoms with Crippen LogP contribution in [-0.4, -0.2) is 46.1 Å². The number of aromatic hydroxyl groups is 1. The summed E-state index contributed by atoms with van der Waals surface area (Å²) in [6.45, 7) is -0.236. The molecule has 0 unspecified atom stereocenters. The minimum Gasteiger partial charge on any atom is -0.506 e. The second kappa shape index (κ2) is 5.73. The number of hydrogen-bond acceptors (Lipinski definition) is 3. The number of phenols is 1. The summed E-state index contributed by atoms with van der Waals surface area (Å²) in [6, 6.07) is 1.69. The Morgan fingerprint density at radius 2 is 1.90 bits per heavy atom. The molecule has 0 aromatic heterocycles. The van der Waals surface area contributed by atoms with Gasteiger partial charge in [0.2, 0.25) is 0 Å². The fourth-order valence-electron chi connectivity index (χ4n) is 2.21. The Kier molecular flexibility index (Phi) is 4.34. The van der Waals surface area contributed by atoms with Crippen LogP contribution in [0, 0.1) is 5.82 Å². The average molecular weight is 324 g/mol. The SMILES string of the molecule is O=C(c1cc(F)cc(Cl)c1O)N1CCC(O)(C(F)F)CC1. The van der Waals surface area contributed by atoms with Crippen molar-refractivity contribution in [3.8, 4) is 5.75 Å². The molecule has 0 atom stereocenters. The summed E-state index contributed by atoms with van der Waals surface area (Å²) in [7, 11) is 0. The molecule has 0 aliphatic carbocycles. The van der Waals surface area contributed by atoms with Gasteiger partial charge in [0.05, 0.1) is 10.6 Å². The van der Waals surface area contributed by atoms with Crippen LogP contribution >= 0.6 is 11.6 Å². The number of amides is 1. The van der Waals surface area contributed by atoms with Gasteiger partial charge in [-0.2, -0.15) is 0 Å². The van der Waals surface area contributed by atoms with Crippen molar-refractivity contribution in [2.24, 2.45) is 0 Å². The Morgan fingerprint density at radius 1 is 1.33 bits per heavy atom. The molecule has 21 heavy (non-hydrogen) atoms. The lowest BCUT2D eigenvalue weighted by Gasteiger charge is -2.37. The molecule has 1 aromatic rings. The maximum atomic E-state index is 13.3. The van der Waals surface area contributed by atoms with Gasteiger partial charge in [-0.25, -0.2) is 13.2 Å². The van der Waals surface area contributed by atoms with E-state index >= 15 is 0 Å². The molecule has 1 aliphatic rings. The lowest BCUT2D eigenvalue weighted by molar-refractivity contribution is -0.122. The van der Waals surface area contributed by atoms with Crippen LogP contribution < -0.4 is 0 Å². The molecule has 116 valence electrons. The van der Waals surface area contributed by atoms with Gasteiger partial charge in [0.25, 0.3) is 12.3 Å². The quantitative estimate of drug-likeness (QED) is 0.878. The fourth-order valence-corrected chi connectivity index (χ4v) is 2.42. The standard InChI is InChI=1S/C13H13ClF3NO3/c14-9-6-7(15)5-8(10(9)19)11(20)18-3-1-13(21,2-4-18)12(16)17/h5-6,12,19,21H,1-4H2. The number of carbonyl (C=O) groups excluding carboxylic acids is 1. The Balaban J connectivity index is 2.16. The Morgan fingerprint density at radius 3 is 2.43 bits per heavy atom. The second-order valence-corrected chi connectivity index (χ2v) is 5.39. The maximum Gasteiger partial charge on any atom is 0.266 e. The maximum absolute atomic E-state index is 13.3. The highest BCUT2D eigenvalue weighted by molar-refractivity contribution is 6.32. The summed E-state index contributed by atoms with van der Waals surface area (Å²) in [4.78, 5) is 13.3. The number of rotatable bonds is 2. The van der Waals surface area contributed by atoms with Crippen molar-refractivity contribution in [3.63, 3.8) is 0 Å². The fraction of sp³-hybridized carbons (Fsp3) is 0.462. The molecule has 1 amide bonds. The summed E-state index contributed by atoms with van der Waals surface area (Å²) in [5.74, 6) is -2.06. The largest absolute Gasteiger partial charge is 0.506 e. The summed E-state index contributed by atoms with van der Waals surface area (Å²) < 4.78 is 38.6. The first-order valence-electron chi connectivity index (χ1n) is 6.22. The van der Waals surface area contributed by atoms with E-state index in [1.54, 1.807) is 0 Å². The molecule has 0 radical (unpaired) electrons. The van der Waals surface area contributed by atoms with Gasteiger partial charge in [-0.3, -0.25) is 4.79 Å². The van der Waals surface area contributed by atoms with Crippen LogP contribution in [0.5, 0.6) is 5.75 Å². The van der Waals surface area contributed by atoms with E-state index in [9.17, 15) is 28.2 Å². The number of halogens is 4. The number of piperidine rings is 1. The van der Waals surface area contributed by atoms with E-state index in [1.807, 2.05) is 0 Å². The van der Waals surface area contributed by atoms with Crippen LogP contribution in [0.4, 0.5) is 13.2 Å².